The summed E-state index contributed by atoms with van der Waals surface area (Å²) in [5.41, 5.74) is 6.31. The molecule has 0 amide bonds. The van der Waals surface area contributed by atoms with Crippen LogP contribution in [0.25, 0.3) is 0 Å². The molecule has 0 saturated carbocycles. The molecule has 106 valence electrons. The van der Waals surface area contributed by atoms with E-state index in [0.29, 0.717) is 35.6 Å². The zero-order valence-corrected chi connectivity index (χ0v) is 13.4. The summed E-state index contributed by atoms with van der Waals surface area (Å²) in [4.78, 5) is 0.225. The maximum atomic E-state index is 12.5. The van der Waals surface area contributed by atoms with Crippen LogP contribution < -0.4 is 5.73 Å². The van der Waals surface area contributed by atoms with E-state index in [1.165, 1.54) is 4.31 Å². The highest BCUT2D eigenvalue weighted by atomic mass is 79.9. The molecular weight excluding hydrogens is 352 g/mol. The average molecular weight is 367 g/mol. The van der Waals surface area contributed by atoms with E-state index in [1.54, 1.807) is 18.2 Å². The lowest BCUT2D eigenvalue weighted by Gasteiger charge is -2.26. The first-order chi connectivity index (χ1) is 8.95. The van der Waals surface area contributed by atoms with Gasteiger partial charge < -0.3 is 5.73 Å². The number of benzene rings is 1. The van der Waals surface area contributed by atoms with E-state index in [0.717, 1.165) is 5.56 Å². The molecule has 5 nitrogen and oxygen atoms in total. The smallest absolute Gasteiger partial charge is 0.244 e. The molecule has 0 aromatic heterocycles. The fourth-order valence-corrected chi connectivity index (χ4v) is 5.57. The molecule has 1 fully saturated rings. The van der Waals surface area contributed by atoms with Gasteiger partial charge in [-0.25, -0.2) is 8.42 Å². The van der Waals surface area contributed by atoms with Crippen LogP contribution in [0.2, 0.25) is 0 Å². The summed E-state index contributed by atoms with van der Waals surface area (Å²) in [6, 6.07) is 5.07. The third-order valence-corrected chi connectivity index (χ3v) is 7.15. The number of hydrogen-bond acceptors (Lipinski definition) is 4. The van der Waals surface area contributed by atoms with E-state index in [2.05, 4.69) is 15.9 Å². The van der Waals surface area contributed by atoms with Gasteiger partial charge in [0.15, 0.2) is 0 Å². The Kier molecular flexibility index (Phi) is 4.78. The van der Waals surface area contributed by atoms with Crippen LogP contribution in [0.1, 0.15) is 5.56 Å². The molecule has 0 unspecified atom stereocenters. The third kappa shape index (κ3) is 3.25. The number of halogens is 1. The molecule has 2 rings (SSSR count). The summed E-state index contributed by atoms with van der Waals surface area (Å²) in [6.07, 6.45) is 0. The lowest BCUT2D eigenvalue weighted by atomic mass is 10.2. The summed E-state index contributed by atoms with van der Waals surface area (Å²) < 4.78 is 38.3. The largest absolute Gasteiger partial charge is 0.326 e. The molecule has 1 aliphatic heterocycles. The Hall–Kier alpha value is -0.280. The molecule has 0 aliphatic carbocycles. The zero-order chi connectivity index (χ0) is 14.0. The second kappa shape index (κ2) is 6.01. The van der Waals surface area contributed by atoms with E-state index in [9.17, 15) is 12.6 Å². The number of sulfonamides is 1. The maximum Gasteiger partial charge on any atom is 0.244 e. The highest BCUT2D eigenvalue weighted by molar-refractivity contribution is 9.10. The van der Waals surface area contributed by atoms with Gasteiger partial charge in [-0.15, -0.1) is 0 Å². The van der Waals surface area contributed by atoms with Crippen molar-refractivity contribution in [1.82, 2.24) is 4.31 Å². The average Bonchev–Trinajstić information content (AvgIpc) is 2.39. The van der Waals surface area contributed by atoms with Crippen molar-refractivity contribution in [2.75, 3.05) is 24.6 Å². The molecule has 1 aromatic carbocycles. The normalized spacial score (nSPS) is 18.6. The Morgan fingerprint density at radius 3 is 2.53 bits per heavy atom. The molecule has 0 atom stereocenters. The van der Waals surface area contributed by atoms with E-state index in [4.69, 9.17) is 5.73 Å². The Morgan fingerprint density at radius 1 is 1.32 bits per heavy atom. The maximum absolute atomic E-state index is 12.5. The number of nitrogens with two attached hydrogens (primary N) is 1. The van der Waals surface area contributed by atoms with Gasteiger partial charge in [0.2, 0.25) is 10.0 Å². The fourth-order valence-electron chi connectivity index (χ4n) is 1.87. The van der Waals surface area contributed by atoms with Crippen molar-refractivity contribution in [3.8, 4) is 0 Å². The molecular formula is C11H15BrN2O3S2. The van der Waals surface area contributed by atoms with Gasteiger partial charge in [-0.3, -0.25) is 4.21 Å². The zero-order valence-electron chi connectivity index (χ0n) is 10.2. The van der Waals surface area contributed by atoms with Crippen LogP contribution in [0.4, 0.5) is 0 Å². The molecule has 1 aliphatic rings. The Balaban J connectivity index is 2.36. The van der Waals surface area contributed by atoms with Crippen LogP contribution >= 0.6 is 15.9 Å². The van der Waals surface area contributed by atoms with Gasteiger partial charge in [0, 0.05) is 46.4 Å². The van der Waals surface area contributed by atoms with Crippen molar-refractivity contribution in [1.29, 1.82) is 0 Å². The molecule has 0 radical (unpaired) electrons. The summed E-state index contributed by atoms with van der Waals surface area (Å²) in [5.74, 6) is 0.793. The van der Waals surface area contributed by atoms with Gasteiger partial charge in [0.1, 0.15) is 0 Å². The Morgan fingerprint density at radius 2 is 1.95 bits per heavy atom. The predicted octanol–water partition coefficient (Wildman–Crippen LogP) is 0.661. The standard InChI is InChI=1S/C11H15BrN2O3S2/c12-10-2-1-9(8-13)7-11(10)19(16,17)14-3-5-18(15)6-4-14/h1-2,7H,3-6,8,13H2. The molecule has 19 heavy (non-hydrogen) atoms. The van der Waals surface area contributed by atoms with E-state index >= 15 is 0 Å². The Bertz CT molecular complexity index is 594. The predicted molar refractivity (Wildman–Crippen MR) is 78.7 cm³/mol. The van der Waals surface area contributed by atoms with Crippen molar-refractivity contribution in [2.45, 2.75) is 11.4 Å². The second-order valence-electron chi connectivity index (χ2n) is 4.22. The molecule has 0 bridgehead atoms. The van der Waals surface area contributed by atoms with Gasteiger partial charge in [0.25, 0.3) is 0 Å². The first-order valence-electron chi connectivity index (χ1n) is 5.79. The van der Waals surface area contributed by atoms with Crippen LogP contribution in [0.15, 0.2) is 27.6 Å². The molecule has 1 saturated heterocycles. The van der Waals surface area contributed by atoms with Gasteiger partial charge >= 0.3 is 0 Å². The van der Waals surface area contributed by atoms with Crippen molar-refractivity contribution < 1.29 is 12.6 Å². The van der Waals surface area contributed by atoms with Crippen LogP contribution in [0.3, 0.4) is 0 Å². The van der Waals surface area contributed by atoms with Crippen LogP contribution in [-0.4, -0.2) is 41.5 Å². The molecule has 1 aromatic rings. The van der Waals surface area contributed by atoms with Crippen molar-refractivity contribution in [3.63, 3.8) is 0 Å². The minimum Gasteiger partial charge on any atom is -0.326 e. The summed E-state index contributed by atoms with van der Waals surface area (Å²) in [7, 11) is -4.45. The minimum atomic E-state index is -3.55. The molecule has 8 heteroatoms. The van der Waals surface area contributed by atoms with E-state index in [-0.39, 0.29) is 4.90 Å². The SMILES string of the molecule is NCc1ccc(Br)c(S(=O)(=O)N2CCS(=O)CC2)c1. The topological polar surface area (TPSA) is 80.5 Å². The Labute approximate surface area is 123 Å². The van der Waals surface area contributed by atoms with E-state index < -0.39 is 20.8 Å². The van der Waals surface area contributed by atoms with Gasteiger partial charge in [-0.2, -0.15) is 4.31 Å². The monoisotopic (exact) mass is 366 g/mol. The number of hydrogen-bond donors (Lipinski definition) is 1. The summed E-state index contributed by atoms with van der Waals surface area (Å²) >= 11 is 3.27. The fraction of sp³-hybridized carbons (Fsp3) is 0.455. The highest BCUT2D eigenvalue weighted by Crippen LogP contribution is 2.26. The highest BCUT2D eigenvalue weighted by Gasteiger charge is 2.29. The minimum absolute atomic E-state index is 0.225. The summed E-state index contributed by atoms with van der Waals surface area (Å²) in [5, 5.41) is 0. The first-order valence-corrected chi connectivity index (χ1v) is 9.51. The van der Waals surface area contributed by atoms with Gasteiger partial charge in [-0.05, 0) is 33.6 Å². The van der Waals surface area contributed by atoms with Gasteiger partial charge in [0.05, 0.1) is 4.90 Å². The molecule has 2 N–H and O–H groups in total. The third-order valence-electron chi connectivity index (χ3n) is 2.99. The quantitative estimate of drug-likeness (QED) is 0.851. The van der Waals surface area contributed by atoms with Crippen LogP contribution in [-0.2, 0) is 27.4 Å². The lowest BCUT2D eigenvalue weighted by molar-refractivity contribution is 0.438. The number of nitrogens with zero attached hydrogens (tertiary/aromatic N) is 1. The summed E-state index contributed by atoms with van der Waals surface area (Å²) in [6.45, 7) is 0.891. The lowest BCUT2D eigenvalue weighted by Crippen LogP contribution is -2.41. The van der Waals surface area contributed by atoms with Crippen LogP contribution in [0, 0.1) is 0 Å². The number of rotatable bonds is 3. The molecule has 0 spiro atoms. The van der Waals surface area contributed by atoms with Crippen LogP contribution in [0.5, 0.6) is 0 Å². The van der Waals surface area contributed by atoms with E-state index in [1.807, 2.05) is 0 Å². The second-order valence-corrected chi connectivity index (χ2v) is 8.68. The first kappa shape index (κ1) is 15.1. The van der Waals surface area contributed by atoms with Gasteiger partial charge in [-0.1, -0.05) is 6.07 Å². The van der Waals surface area contributed by atoms with Crippen molar-refractivity contribution in [3.05, 3.63) is 28.2 Å². The van der Waals surface area contributed by atoms with Crippen molar-refractivity contribution >= 4 is 36.8 Å². The molecule has 1 heterocycles. The van der Waals surface area contributed by atoms with Crippen molar-refractivity contribution in [2.24, 2.45) is 5.73 Å².